The van der Waals surface area contributed by atoms with Gasteiger partial charge in [0.2, 0.25) is 5.91 Å². The standard InChI is InChI=1S/C14H20ClNO3S/c1-14(2,3)20(18,19)9-8-16-13(17)10-11-4-6-12(15)7-5-11/h4-7H,8-10H2,1-3H3,(H,16,17). The molecular formula is C14H20ClNO3S. The van der Waals surface area contributed by atoms with Crippen LogP contribution in [0.25, 0.3) is 0 Å². The maximum atomic E-state index is 11.9. The van der Waals surface area contributed by atoms with Crippen LogP contribution in [0.5, 0.6) is 0 Å². The summed E-state index contributed by atoms with van der Waals surface area (Å²) < 4.78 is 22.9. The number of amides is 1. The van der Waals surface area contributed by atoms with Crippen molar-refractivity contribution in [3.05, 3.63) is 34.9 Å². The summed E-state index contributed by atoms with van der Waals surface area (Å²) in [6.45, 7) is 5.08. The number of nitrogens with one attached hydrogen (secondary N) is 1. The van der Waals surface area contributed by atoms with Crippen LogP contribution in [-0.4, -0.2) is 31.4 Å². The summed E-state index contributed by atoms with van der Waals surface area (Å²) in [4.78, 5) is 11.7. The first-order chi connectivity index (χ1) is 9.12. The molecule has 1 aromatic rings. The van der Waals surface area contributed by atoms with E-state index in [2.05, 4.69) is 5.32 Å². The average molecular weight is 318 g/mol. The molecule has 0 aliphatic rings. The molecule has 20 heavy (non-hydrogen) atoms. The Hall–Kier alpha value is -1.07. The minimum absolute atomic E-state index is 0.0527. The summed E-state index contributed by atoms with van der Waals surface area (Å²) in [5.41, 5.74) is 0.838. The fourth-order valence-corrected chi connectivity index (χ4v) is 2.59. The van der Waals surface area contributed by atoms with E-state index in [1.807, 2.05) is 0 Å². The van der Waals surface area contributed by atoms with Gasteiger partial charge in [0.15, 0.2) is 9.84 Å². The topological polar surface area (TPSA) is 63.2 Å². The molecule has 0 unspecified atom stereocenters. The lowest BCUT2D eigenvalue weighted by Crippen LogP contribution is -2.36. The van der Waals surface area contributed by atoms with Gasteiger partial charge in [-0.15, -0.1) is 0 Å². The van der Waals surface area contributed by atoms with Gasteiger partial charge < -0.3 is 5.32 Å². The van der Waals surface area contributed by atoms with Gasteiger partial charge in [-0.2, -0.15) is 0 Å². The SMILES string of the molecule is CC(C)(C)S(=O)(=O)CCNC(=O)Cc1ccc(Cl)cc1. The van der Waals surface area contributed by atoms with Crippen molar-refractivity contribution in [2.45, 2.75) is 31.9 Å². The van der Waals surface area contributed by atoms with Gasteiger partial charge in [0.25, 0.3) is 0 Å². The molecule has 0 radical (unpaired) electrons. The highest BCUT2D eigenvalue weighted by Gasteiger charge is 2.28. The normalized spacial score (nSPS) is 12.2. The summed E-state index contributed by atoms with van der Waals surface area (Å²) in [6.07, 6.45) is 0.215. The monoisotopic (exact) mass is 317 g/mol. The van der Waals surface area contributed by atoms with Crippen LogP contribution in [0.1, 0.15) is 26.3 Å². The highest BCUT2D eigenvalue weighted by molar-refractivity contribution is 7.92. The van der Waals surface area contributed by atoms with Crippen LogP contribution in [0.4, 0.5) is 0 Å². The Kier molecular flexibility index (Phi) is 5.59. The minimum atomic E-state index is -3.20. The van der Waals surface area contributed by atoms with E-state index in [1.165, 1.54) is 0 Å². The second-order valence-corrected chi connectivity index (χ2v) is 8.88. The Morgan fingerprint density at radius 2 is 1.75 bits per heavy atom. The minimum Gasteiger partial charge on any atom is -0.355 e. The van der Waals surface area contributed by atoms with Crippen LogP contribution in [0.3, 0.4) is 0 Å². The van der Waals surface area contributed by atoms with Crippen molar-refractivity contribution in [2.24, 2.45) is 0 Å². The molecule has 0 aromatic heterocycles. The second-order valence-electron chi connectivity index (χ2n) is 5.58. The predicted octanol–water partition coefficient (Wildman–Crippen LogP) is 2.21. The lowest BCUT2D eigenvalue weighted by atomic mass is 10.1. The van der Waals surface area contributed by atoms with Crippen molar-refractivity contribution >= 4 is 27.3 Å². The number of benzene rings is 1. The molecule has 1 amide bonds. The van der Waals surface area contributed by atoms with Gasteiger partial charge in [-0.1, -0.05) is 23.7 Å². The third-order valence-corrected chi connectivity index (χ3v) is 5.76. The molecule has 4 nitrogen and oxygen atoms in total. The van der Waals surface area contributed by atoms with Gasteiger partial charge in [0.1, 0.15) is 0 Å². The molecule has 112 valence electrons. The van der Waals surface area contributed by atoms with Gasteiger partial charge in [-0.3, -0.25) is 4.79 Å². The highest BCUT2D eigenvalue weighted by atomic mass is 35.5. The molecule has 6 heteroatoms. The smallest absolute Gasteiger partial charge is 0.224 e. The van der Waals surface area contributed by atoms with E-state index in [-0.39, 0.29) is 24.6 Å². The third kappa shape index (κ3) is 5.13. The second kappa shape index (κ2) is 6.59. The Bertz CT molecular complexity index is 559. The summed E-state index contributed by atoms with van der Waals surface area (Å²) in [5.74, 6) is -0.250. The zero-order valence-electron chi connectivity index (χ0n) is 11.9. The molecule has 0 aliphatic heterocycles. The van der Waals surface area contributed by atoms with Gasteiger partial charge in [-0.05, 0) is 38.5 Å². The predicted molar refractivity (Wildman–Crippen MR) is 81.7 cm³/mol. The van der Waals surface area contributed by atoms with E-state index in [0.717, 1.165) is 5.56 Å². The molecule has 0 aliphatic carbocycles. The molecule has 1 rings (SSSR count). The molecular weight excluding hydrogens is 298 g/mol. The molecule has 0 heterocycles. The lowest BCUT2D eigenvalue weighted by molar-refractivity contribution is -0.120. The molecule has 1 aromatic carbocycles. The number of hydrogen-bond donors (Lipinski definition) is 1. The first-order valence-electron chi connectivity index (χ1n) is 6.35. The van der Waals surface area contributed by atoms with E-state index in [9.17, 15) is 13.2 Å². The Balaban J connectivity index is 2.43. The summed E-state index contributed by atoms with van der Waals surface area (Å²) >= 11 is 5.76. The van der Waals surface area contributed by atoms with Crippen LogP contribution >= 0.6 is 11.6 Å². The van der Waals surface area contributed by atoms with Crippen molar-refractivity contribution in [3.8, 4) is 0 Å². The number of sulfone groups is 1. The van der Waals surface area contributed by atoms with E-state index in [4.69, 9.17) is 11.6 Å². The van der Waals surface area contributed by atoms with E-state index in [0.29, 0.717) is 5.02 Å². The van der Waals surface area contributed by atoms with Gasteiger partial charge in [-0.25, -0.2) is 8.42 Å². The molecule has 1 N–H and O–H groups in total. The van der Waals surface area contributed by atoms with Crippen LogP contribution in [0.15, 0.2) is 24.3 Å². The van der Waals surface area contributed by atoms with Crippen molar-refractivity contribution in [3.63, 3.8) is 0 Å². The number of halogens is 1. The number of rotatable bonds is 5. The van der Waals surface area contributed by atoms with E-state index < -0.39 is 14.6 Å². The first-order valence-corrected chi connectivity index (χ1v) is 8.38. The zero-order valence-corrected chi connectivity index (χ0v) is 13.5. The highest BCUT2D eigenvalue weighted by Crippen LogP contribution is 2.15. The average Bonchev–Trinajstić information content (AvgIpc) is 2.30. The maximum absolute atomic E-state index is 11.9. The van der Waals surface area contributed by atoms with Crippen molar-refractivity contribution in [2.75, 3.05) is 12.3 Å². The van der Waals surface area contributed by atoms with Gasteiger partial charge in [0, 0.05) is 11.6 Å². The fraction of sp³-hybridized carbons (Fsp3) is 0.500. The molecule has 0 spiro atoms. The molecule has 0 saturated carbocycles. The lowest BCUT2D eigenvalue weighted by Gasteiger charge is -2.19. The van der Waals surface area contributed by atoms with Gasteiger partial charge >= 0.3 is 0 Å². The molecule has 0 saturated heterocycles. The zero-order chi connectivity index (χ0) is 15.4. The van der Waals surface area contributed by atoms with Crippen LogP contribution in [-0.2, 0) is 21.1 Å². The number of hydrogen-bond acceptors (Lipinski definition) is 3. The first kappa shape index (κ1) is 17.0. The summed E-state index contributed by atoms with van der Waals surface area (Å²) in [6, 6.07) is 6.98. The van der Waals surface area contributed by atoms with Crippen LogP contribution < -0.4 is 5.32 Å². The van der Waals surface area contributed by atoms with Crippen LogP contribution in [0.2, 0.25) is 5.02 Å². The maximum Gasteiger partial charge on any atom is 0.224 e. The van der Waals surface area contributed by atoms with Crippen LogP contribution in [0, 0.1) is 0 Å². The molecule has 0 bridgehead atoms. The Morgan fingerprint density at radius 1 is 1.20 bits per heavy atom. The van der Waals surface area contributed by atoms with Crippen molar-refractivity contribution in [1.29, 1.82) is 0 Å². The molecule has 0 atom stereocenters. The fourth-order valence-electron chi connectivity index (χ4n) is 1.48. The summed E-state index contributed by atoms with van der Waals surface area (Å²) in [7, 11) is -3.20. The number of carbonyl (C=O) groups is 1. The summed E-state index contributed by atoms with van der Waals surface area (Å²) in [5, 5.41) is 3.24. The van der Waals surface area contributed by atoms with Gasteiger partial charge in [0.05, 0.1) is 16.9 Å². The quantitative estimate of drug-likeness (QED) is 0.905. The Labute approximate surface area is 125 Å². The largest absolute Gasteiger partial charge is 0.355 e. The van der Waals surface area contributed by atoms with Crippen molar-refractivity contribution < 1.29 is 13.2 Å². The van der Waals surface area contributed by atoms with E-state index >= 15 is 0 Å². The molecule has 0 fully saturated rings. The van der Waals surface area contributed by atoms with Crippen molar-refractivity contribution in [1.82, 2.24) is 5.32 Å². The Morgan fingerprint density at radius 3 is 2.25 bits per heavy atom. The van der Waals surface area contributed by atoms with E-state index in [1.54, 1.807) is 45.0 Å². The number of carbonyl (C=O) groups excluding carboxylic acids is 1. The third-order valence-electron chi connectivity index (χ3n) is 2.90.